The molecule has 1 saturated carbocycles. The minimum absolute atomic E-state index is 0.109. The first-order valence-electron chi connectivity index (χ1n) is 6.57. The van der Waals surface area contributed by atoms with Gasteiger partial charge in [0.2, 0.25) is 5.91 Å². The Hall–Kier alpha value is -0.570. The highest BCUT2D eigenvalue weighted by atomic mass is 16.1. The number of nitrogens with zero attached hydrogens (tertiary/aromatic N) is 1. The molecule has 1 unspecified atom stereocenters. The van der Waals surface area contributed by atoms with Crippen LogP contribution in [0.25, 0.3) is 0 Å². The summed E-state index contributed by atoms with van der Waals surface area (Å²) in [6, 6.07) is 0.475. The van der Waals surface area contributed by atoms with Gasteiger partial charge >= 0.3 is 0 Å². The van der Waals surface area contributed by atoms with E-state index in [4.69, 9.17) is 5.73 Å². The van der Waals surface area contributed by atoms with Crippen LogP contribution < -0.4 is 5.73 Å². The molecule has 0 radical (unpaired) electrons. The first-order valence-corrected chi connectivity index (χ1v) is 6.57. The lowest BCUT2D eigenvalue weighted by atomic mass is 10.1. The molecule has 0 bridgehead atoms. The van der Waals surface area contributed by atoms with Gasteiger partial charge in [-0.15, -0.1) is 0 Å². The van der Waals surface area contributed by atoms with Crippen molar-refractivity contribution < 1.29 is 4.79 Å². The van der Waals surface area contributed by atoms with E-state index < -0.39 is 0 Å². The van der Waals surface area contributed by atoms with Crippen molar-refractivity contribution in [1.82, 2.24) is 4.90 Å². The molecule has 0 heterocycles. The van der Waals surface area contributed by atoms with E-state index in [2.05, 4.69) is 18.7 Å². The number of hydrogen-bond acceptors (Lipinski definition) is 2. The predicted molar refractivity (Wildman–Crippen MR) is 67.1 cm³/mol. The standard InChI is InChI=1S/C13H26N2O/c1-10(2)8-9-15(11(3)13(14)16)12-6-4-5-7-12/h10-12H,4-9H2,1-3H3,(H2,14,16). The van der Waals surface area contributed by atoms with Crippen molar-refractivity contribution in [3.05, 3.63) is 0 Å². The first kappa shape index (κ1) is 13.5. The van der Waals surface area contributed by atoms with Crippen LogP contribution in [0.3, 0.4) is 0 Å². The van der Waals surface area contributed by atoms with E-state index in [-0.39, 0.29) is 11.9 Å². The molecule has 1 aliphatic carbocycles. The van der Waals surface area contributed by atoms with Gasteiger partial charge in [-0.1, -0.05) is 26.7 Å². The molecule has 0 aliphatic heterocycles. The number of rotatable bonds is 6. The maximum absolute atomic E-state index is 11.3. The second kappa shape index (κ2) is 6.24. The van der Waals surface area contributed by atoms with Gasteiger partial charge in [0.25, 0.3) is 0 Å². The summed E-state index contributed by atoms with van der Waals surface area (Å²) >= 11 is 0. The van der Waals surface area contributed by atoms with Crippen molar-refractivity contribution >= 4 is 5.91 Å². The monoisotopic (exact) mass is 226 g/mol. The molecular formula is C13H26N2O. The maximum Gasteiger partial charge on any atom is 0.234 e. The number of amides is 1. The van der Waals surface area contributed by atoms with Gasteiger partial charge in [-0.2, -0.15) is 0 Å². The zero-order chi connectivity index (χ0) is 12.1. The molecule has 1 atom stereocenters. The van der Waals surface area contributed by atoms with E-state index in [0.717, 1.165) is 13.0 Å². The van der Waals surface area contributed by atoms with Crippen LogP contribution in [-0.2, 0) is 4.79 Å². The summed E-state index contributed by atoms with van der Waals surface area (Å²) in [6.45, 7) is 7.40. The maximum atomic E-state index is 11.3. The highest BCUT2D eigenvalue weighted by molar-refractivity contribution is 5.79. The van der Waals surface area contributed by atoms with Crippen molar-refractivity contribution in [2.75, 3.05) is 6.54 Å². The summed E-state index contributed by atoms with van der Waals surface area (Å²) in [4.78, 5) is 13.7. The van der Waals surface area contributed by atoms with Crippen molar-refractivity contribution in [2.24, 2.45) is 11.7 Å². The Morgan fingerprint density at radius 1 is 1.31 bits per heavy atom. The van der Waals surface area contributed by atoms with Crippen molar-refractivity contribution in [3.63, 3.8) is 0 Å². The lowest BCUT2D eigenvalue weighted by molar-refractivity contribution is -0.123. The zero-order valence-electron chi connectivity index (χ0n) is 10.9. The van der Waals surface area contributed by atoms with Crippen molar-refractivity contribution in [2.45, 2.75) is 65.0 Å². The minimum atomic E-state index is -0.185. The molecule has 0 aromatic carbocycles. The molecule has 94 valence electrons. The number of carbonyl (C=O) groups is 1. The smallest absolute Gasteiger partial charge is 0.234 e. The van der Waals surface area contributed by atoms with Gasteiger partial charge in [-0.3, -0.25) is 9.69 Å². The molecule has 0 aromatic rings. The predicted octanol–water partition coefficient (Wildman–Crippen LogP) is 2.15. The molecular weight excluding hydrogens is 200 g/mol. The van der Waals surface area contributed by atoms with Crippen LogP contribution in [0, 0.1) is 5.92 Å². The fourth-order valence-electron chi connectivity index (χ4n) is 2.50. The summed E-state index contributed by atoms with van der Waals surface area (Å²) in [5.41, 5.74) is 5.43. The van der Waals surface area contributed by atoms with E-state index >= 15 is 0 Å². The zero-order valence-corrected chi connectivity index (χ0v) is 10.9. The van der Waals surface area contributed by atoms with Gasteiger partial charge in [0, 0.05) is 6.04 Å². The largest absolute Gasteiger partial charge is 0.368 e. The van der Waals surface area contributed by atoms with Crippen LogP contribution in [-0.4, -0.2) is 29.4 Å². The van der Waals surface area contributed by atoms with Gasteiger partial charge < -0.3 is 5.73 Å². The van der Waals surface area contributed by atoms with Crippen LogP contribution in [0.4, 0.5) is 0 Å². The van der Waals surface area contributed by atoms with Crippen LogP contribution >= 0.6 is 0 Å². The Balaban J connectivity index is 2.56. The summed E-state index contributed by atoms with van der Waals surface area (Å²) in [5.74, 6) is 0.500. The molecule has 3 heteroatoms. The molecule has 1 aliphatic rings. The van der Waals surface area contributed by atoms with E-state index in [1.807, 2.05) is 6.92 Å². The lowest BCUT2D eigenvalue weighted by Crippen LogP contribution is -2.48. The van der Waals surface area contributed by atoms with Crippen LogP contribution in [0.15, 0.2) is 0 Å². The summed E-state index contributed by atoms with van der Waals surface area (Å²) in [6.07, 6.45) is 6.21. The van der Waals surface area contributed by atoms with Crippen molar-refractivity contribution in [1.29, 1.82) is 0 Å². The molecule has 0 saturated heterocycles. The second-order valence-corrected chi connectivity index (χ2v) is 5.44. The fourth-order valence-corrected chi connectivity index (χ4v) is 2.50. The lowest BCUT2D eigenvalue weighted by Gasteiger charge is -2.33. The van der Waals surface area contributed by atoms with E-state index in [9.17, 15) is 4.79 Å². The molecule has 2 N–H and O–H groups in total. The Morgan fingerprint density at radius 3 is 2.31 bits per heavy atom. The molecule has 16 heavy (non-hydrogen) atoms. The van der Waals surface area contributed by atoms with E-state index in [1.165, 1.54) is 25.7 Å². The third-order valence-electron chi connectivity index (χ3n) is 3.67. The molecule has 0 aromatic heterocycles. The highest BCUT2D eigenvalue weighted by Crippen LogP contribution is 2.25. The third-order valence-corrected chi connectivity index (χ3v) is 3.67. The van der Waals surface area contributed by atoms with Crippen LogP contribution in [0.1, 0.15) is 52.9 Å². The van der Waals surface area contributed by atoms with E-state index in [0.29, 0.717) is 12.0 Å². The SMILES string of the molecule is CC(C)CCN(C1CCCC1)C(C)C(N)=O. The Labute approximate surface area is 99.4 Å². The summed E-state index contributed by atoms with van der Waals surface area (Å²) in [7, 11) is 0. The highest BCUT2D eigenvalue weighted by Gasteiger charge is 2.28. The van der Waals surface area contributed by atoms with Gasteiger partial charge in [-0.05, 0) is 38.6 Å². The molecule has 3 nitrogen and oxygen atoms in total. The normalized spacial score (nSPS) is 19.6. The Bertz CT molecular complexity index is 222. The number of hydrogen-bond donors (Lipinski definition) is 1. The molecule has 0 spiro atoms. The van der Waals surface area contributed by atoms with Gasteiger partial charge in [0.15, 0.2) is 0 Å². The number of primary amides is 1. The van der Waals surface area contributed by atoms with Crippen LogP contribution in [0.5, 0.6) is 0 Å². The van der Waals surface area contributed by atoms with Crippen molar-refractivity contribution in [3.8, 4) is 0 Å². The average Bonchev–Trinajstić information content (AvgIpc) is 2.70. The van der Waals surface area contributed by atoms with Gasteiger partial charge in [-0.25, -0.2) is 0 Å². The minimum Gasteiger partial charge on any atom is -0.368 e. The Kier molecular flexibility index (Phi) is 5.26. The third kappa shape index (κ3) is 3.78. The van der Waals surface area contributed by atoms with Crippen LogP contribution in [0.2, 0.25) is 0 Å². The topological polar surface area (TPSA) is 46.3 Å². The fraction of sp³-hybridized carbons (Fsp3) is 0.923. The first-order chi connectivity index (χ1) is 7.52. The molecule has 1 fully saturated rings. The summed E-state index contributed by atoms with van der Waals surface area (Å²) in [5, 5.41) is 0. The molecule has 1 amide bonds. The number of carbonyl (C=O) groups excluding carboxylic acids is 1. The Morgan fingerprint density at radius 2 is 1.88 bits per heavy atom. The average molecular weight is 226 g/mol. The molecule has 1 rings (SSSR count). The van der Waals surface area contributed by atoms with Gasteiger partial charge in [0.05, 0.1) is 6.04 Å². The quantitative estimate of drug-likeness (QED) is 0.754. The number of nitrogens with two attached hydrogens (primary N) is 1. The summed E-state index contributed by atoms with van der Waals surface area (Å²) < 4.78 is 0. The van der Waals surface area contributed by atoms with Gasteiger partial charge in [0.1, 0.15) is 0 Å². The second-order valence-electron chi connectivity index (χ2n) is 5.44. The van der Waals surface area contributed by atoms with E-state index in [1.54, 1.807) is 0 Å².